The van der Waals surface area contributed by atoms with Crippen molar-refractivity contribution in [2.24, 2.45) is 0 Å². The molecule has 112 valence electrons. The highest BCUT2D eigenvalue weighted by molar-refractivity contribution is 5.58. The second-order valence-corrected chi connectivity index (χ2v) is 4.12. The van der Waals surface area contributed by atoms with Crippen LogP contribution in [0.4, 0.5) is 10.1 Å². The fourth-order valence-electron chi connectivity index (χ4n) is 1.83. The molecule has 5 nitrogen and oxygen atoms in total. The van der Waals surface area contributed by atoms with Gasteiger partial charge in [-0.25, -0.2) is 4.39 Å². The van der Waals surface area contributed by atoms with Crippen molar-refractivity contribution in [2.45, 2.75) is 0 Å². The highest BCUT2D eigenvalue weighted by Crippen LogP contribution is 2.42. The van der Waals surface area contributed by atoms with E-state index in [2.05, 4.69) is 0 Å². The number of hydrogen-bond acceptors (Lipinski definition) is 5. The number of benzene rings is 2. The van der Waals surface area contributed by atoms with Crippen molar-refractivity contribution >= 4 is 5.69 Å². The van der Waals surface area contributed by atoms with Gasteiger partial charge in [0, 0.05) is 12.1 Å². The molecule has 0 bridgehead atoms. The highest BCUT2D eigenvalue weighted by atomic mass is 19.1. The molecular formula is C15H16FNO4. The first-order valence-electron chi connectivity index (χ1n) is 6.12. The molecule has 0 amide bonds. The van der Waals surface area contributed by atoms with Crippen molar-refractivity contribution < 1.29 is 23.3 Å². The second kappa shape index (κ2) is 6.21. The predicted molar refractivity (Wildman–Crippen MR) is 77.0 cm³/mol. The molecule has 0 radical (unpaired) electrons. The lowest BCUT2D eigenvalue weighted by Gasteiger charge is -2.15. The molecule has 2 N–H and O–H groups in total. The molecule has 6 heteroatoms. The Morgan fingerprint density at radius 2 is 1.43 bits per heavy atom. The van der Waals surface area contributed by atoms with E-state index in [1.165, 1.54) is 27.4 Å². The Balaban J connectivity index is 2.47. The van der Waals surface area contributed by atoms with Gasteiger partial charge in [0.1, 0.15) is 5.75 Å². The van der Waals surface area contributed by atoms with Crippen molar-refractivity contribution in [3.8, 4) is 28.7 Å². The normalized spacial score (nSPS) is 10.1. The summed E-state index contributed by atoms with van der Waals surface area (Å²) in [6.45, 7) is 0. The molecule has 0 spiro atoms. The van der Waals surface area contributed by atoms with Gasteiger partial charge in [-0.15, -0.1) is 0 Å². The summed E-state index contributed by atoms with van der Waals surface area (Å²) < 4.78 is 35.0. The first-order chi connectivity index (χ1) is 10.1. The van der Waals surface area contributed by atoms with E-state index in [1.807, 2.05) is 0 Å². The molecule has 0 saturated heterocycles. The van der Waals surface area contributed by atoms with E-state index in [4.69, 9.17) is 24.7 Å². The maximum Gasteiger partial charge on any atom is 0.211 e. The smallest absolute Gasteiger partial charge is 0.211 e. The molecule has 0 atom stereocenters. The summed E-state index contributed by atoms with van der Waals surface area (Å²) in [5, 5.41) is 0. The van der Waals surface area contributed by atoms with Gasteiger partial charge in [-0.05, 0) is 12.1 Å². The number of methoxy groups -OCH3 is 3. The van der Waals surface area contributed by atoms with Crippen LogP contribution in [0.3, 0.4) is 0 Å². The first-order valence-corrected chi connectivity index (χ1v) is 6.12. The number of hydrogen-bond donors (Lipinski definition) is 1. The third kappa shape index (κ3) is 2.94. The Kier molecular flexibility index (Phi) is 4.37. The fourth-order valence-corrected chi connectivity index (χ4v) is 1.83. The summed E-state index contributed by atoms with van der Waals surface area (Å²) in [5.41, 5.74) is 5.83. The quantitative estimate of drug-likeness (QED) is 0.857. The van der Waals surface area contributed by atoms with Gasteiger partial charge >= 0.3 is 0 Å². The maximum atomic E-state index is 14.0. The Bertz CT molecular complexity index is 624. The van der Waals surface area contributed by atoms with Crippen molar-refractivity contribution in [2.75, 3.05) is 27.1 Å². The van der Waals surface area contributed by atoms with Gasteiger partial charge in [0.25, 0.3) is 0 Å². The van der Waals surface area contributed by atoms with E-state index in [-0.39, 0.29) is 17.2 Å². The largest absolute Gasteiger partial charge is 0.494 e. The van der Waals surface area contributed by atoms with Gasteiger partial charge in [-0.1, -0.05) is 6.07 Å². The first kappa shape index (κ1) is 14.8. The number of nitrogen functional groups attached to an aromatic ring is 1. The Morgan fingerprint density at radius 1 is 0.857 bits per heavy atom. The predicted octanol–water partition coefficient (Wildman–Crippen LogP) is 3.23. The van der Waals surface area contributed by atoms with E-state index >= 15 is 0 Å². The molecule has 0 aliphatic heterocycles. The molecule has 0 fully saturated rings. The van der Waals surface area contributed by atoms with Crippen LogP contribution in [0.1, 0.15) is 0 Å². The van der Waals surface area contributed by atoms with Crippen LogP contribution in [0.25, 0.3) is 0 Å². The fraction of sp³-hybridized carbons (Fsp3) is 0.200. The lowest BCUT2D eigenvalue weighted by Crippen LogP contribution is -1.98. The molecule has 0 aromatic heterocycles. The lowest BCUT2D eigenvalue weighted by atomic mass is 10.2. The summed E-state index contributed by atoms with van der Waals surface area (Å²) in [6, 6.07) is 7.62. The van der Waals surface area contributed by atoms with Crippen LogP contribution in [0.5, 0.6) is 28.7 Å². The molecule has 0 heterocycles. The van der Waals surface area contributed by atoms with E-state index in [9.17, 15) is 4.39 Å². The molecule has 0 unspecified atom stereocenters. The van der Waals surface area contributed by atoms with Crippen LogP contribution in [0, 0.1) is 5.82 Å². The van der Waals surface area contributed by atoms with Crippen molar-refractivity contribution in [3.05, 3.63) is 36.1 Å². The van der Waals surface area contributed by atoms with Gasteiger partial charge in [0.2, 0.25) is 5.75 Å². The maximum absolute atomic E-state index is 14.0. The van der Waals surface area contributed by atoms with Crippen molar-refractivity contribution in [3.63, 3.8) is 0 Å². The summed E-state index contributed by atoms with van der Waals surface area (Å²) in [4.78, 5) is 0. The van der Waals surface area contributed by atoms with Crippen LogP contribution in [0.15, 0.2) is 30.3 Å². The monoisotopic (exact) mass is 293 g/mol. The summed E-state index contributed by atoms with van der Waals surface area (Å²) >= 11 is 0. The van der Waals surface area contributed by atoms with Crippen LogP contribution < -0.4 is 24.7 Å². The van der Waals surface area contributed by atoms with E-state index in [1.54, 1.807) is 18.2 Å². The van der Waals surface area contributed by atoms with Crippen molar-refractivity contribution in [1.29, 1.82) is 0 Å². The third-order valence-electron chi connectivity index (χ3n) is 2.88. The molecule has 2 aromatic rings. The molecule has 0 aliphatic rings. The van der Waals surface area contributed by atoms with Gasteiger partial charge in [-0.3, -0.25) is 0 Å². The van der Waals surface area contributed by atoms with Crippen molar-refractivity contribution in [1.82, 2.24) is 0 Å². The van der Waals surface area contributed by atoms with Gasteiger partial charge < -0.3 is 24.7 Å². The zero-order valence-corrected chi connectivity index (χ0v) is 12.0. The van der Waals surface area contributed by atoms with Gasteiger partial charge in [0.15, 0.2) is 23.1 Å². The van der Waals surface area contributed by atoms with Gasteiger partial charge in [-0.2, -0.15) is 0 Å². The Morgan fingerprint density at radius 3 is 1.95 bits per heavy atom. The number of halogens is 1. The number of anilines is 1. The lowest BCUT2D eigenvalue weighted by molar-refractivity contribution is 0.338. The van der Waals surface area contributed by atoms with Crippen LogP contribution in [-0.2, 0) is 0 Å². The molecule has 2 aromatic carbocycles. The number of nitrogens with two attached hydrogens (primary N) is 1. The third-order valence-corrected chi connectivity index (χ3v) is 2.88. The highest BCUT2D eigenvalue weighted by Gasteiger charge is 2.16. The Hall–Kier alpha value is -2.63. The minimum atomic E-state index is -0.610. The Labute approximate surface area is 122 Å². The summed E-state index contributed by atoms with van der Waals surface area (Å²) in [5.74, 6) is 0.785. The summed E-state index contributed by atoms with van der Waals surface area (Å²) in [7, 11) is 4.42. The zero-order chi connectivity index (χ0) is 15.4. The topological polar surface area (TPSA) is 62.9 Å². The molecule has 2 rings (SSSR count). The number of para-hydroxylation sites is 1. The van der Waals surface area contributed by atoms with Crippen LogP contribution in [-0.4, -0.2) is 21.3 Å². The molecule has 21 heavy (non-hydrogen) atoms. The number of rotatable bonds is 5. The van der Waals surface area contributed by atoms with E-state index in [0.29, 0.717) is 17.2 Å². The minimum Gasteiger partial charge on any atom is -0.494 e. The SMILES string of the molecule is COc1cc(Oc2c(OC)cccc2OC)c(F)cc1N. The standard InChI is InChI=1S/C15H16FNO4/c1-18-11-5-4-6-12(19-2)15(11)21-13-8-14(20-3)10(17)7-9(13)16/h4-8H,17H2,1-3H3. The zero-order valence-electron chi connectivity index (χ0n) is 12.0. The van der Waals surface area contributed by atoms with E-state index in [0.717, 1.165) is 6.07 Å². The van der Waals surface area contributed by atoms with E-state index < -0.39 is 5.82 Å². The second-order valence-electron chi connectivity index (χ2n) is 4.12. The number of ether oxygens (including phenoxy) is 4. The minimum absolute atomic E-state index is 0.0381. The molecular weight excluding hydrogens is 277 g/mol. The average molecular weight is 293 g/mol. The van der Waals surface area contributed by atoms with Gasteiger partial charge in [0.05, 0.1) is 27.0 Å². The molecule has 0 saturated carbocycles. The van der Waals surface area contributed by atoms with Crippen LogP contribution >= 0.6 is 0 Å². The van der Waals surface area contributed by atoms with Crippen LogP contribution in [0.2, 0.25) is 0 Å². The molecule has 0 aliphatic carbocycles. The summed E-state index contributed by atoms with van der Waals surface area (Å²) in [6.07, 6.45) is 0. The average Bonchev–Trinajstić information content (AvgIpc) is 2.49.